The van der Waals surface area contributed by atoms with Gasteiger partial charge in [0.05, 0.1) is 5.92 Å². The molecule has 1 heterocycles. The largest absolute Gasteiger partial charge is 0.326 e. The van der Waals surface area contributed by atoms with Gasteiger partial charge in [0.15, 0.2) is 0 Å². The van der Waals surface area contributed by atoms with Crippen molar-refractivity contribution >= 4 is 35.0 Å². The van der Waals surface area contributed by atoms with Crippen LogP contribution in [0.1, 0.15) is 32.6 Å². The van der Waals surface area contributed by atoms with Crippen molar-refractivity contribution in [1.82, 2.24) is 15.4 Å². The average Bonchev–Trinajstić information content (AvgIpc) is 2.85. The molecule has 2 unspecified atom stereocenters. The number of halogens is 1. The fourth-order valence-corrected chi connectivity index (χ4v) is 2.94. The molecular weight excluding hydrogens is 290 g/mol. The van der Waals surface area contributed by atoms with Crippen LogP contribution < -0.4 is 11.1 Å². The zero-order chi connectivity index (χ0) is 14.2. The average molecular weight is 310 g/mol. The lowest BCUT2D eigenvalue weighted by Crippen LogP contribution is -2.51. The van der Waals surface area contributed by atoms with Crippen LogP contribution in [-0.4, -0.2) is 26.9 Å². The minimum Gasteiger partial charge on any atom is -0.326 e. The SMILES string of the molecule is CC1(N)CCCCC1C(=O)Nc1ccc2n[nH]nc2c1.Cl. The number of carbonyl (C=O) groups excluding carboxylic acids is 1. The van der Waals surface area contributed by atoms with Crippen LogP contribution in [0.2, 0.25) is 0 Å². The summed E-state index contributed by atoms with van der Waals surface area (Å²) in [5.74, 6) is -0.137. The third-order valence-corrected chi connectivity index (χ3v) is 4.15. The number of aromatic amines is 1. The van der Waals surface area contributed by atoms with Crippen LogP contribution in [0.3, 0.4) is 0 Å². The van der Waals surface area contributed by atoms with Gasteiger partial charge in [0.1, 0.15) is 11.0 Å². The van der Waals surface area contributed by atoms with Crippen LogP contribution in [0.25, 0.3) is 11.0 Å². The Hall–Kier alpha value is -1.66. The first-order valence-corrected chi connectivity index (χ1v) is 6.96. The van der Waals surface area contributed by atoms with Crippen molar-refractivity contribution in [3.05, 3.63) is 18.2 Å². The summed E-state index contributed by atoms with van der Waals surface area (Å²) in [5.41, 5.74) is 8.10. The third kappa shape index (κ3) is 3.16. The van der Waals surface area contributed by atoms with E-state index >= 15 is 0 Å². The number of carbonyl (C=O) groups is 1. The minimum atomic E-state index is -0.416. The van der Waals surface area contributed by atoms with E-state index in [9.17, 15) is 4.79 Å². The molecular formula is C14H20ClN5O. The standard InChI is InChI=1S/C14H19N5O.ClH/c1-14(15)7-3-2-4-10(14)13(20)16-9-5-6-11-12(8-9)18-19-17-11;/h5-6,8,10H,2-4,7,15H2,1H3,(H,16,20)(H,17,18,19);1H. The summed E-state index contributed by atoms with van der Waals surface area (Å²) >= 11 is 0. The number of nitrogens with two attached hydrogens (primary N) is 1. The summed E-state index contributed by atoms with van der Waals surface area (Å²) in [6.45, 7) is 1.97. The maximum Gasteiger partial charge on any atom is 0.229 e. The Morgan fingerprint density at radius 2 is 2.14 bits per heavy atom. The maximum atomic E-state index is 12.4. The van der Waals surface area contributed by atoms with E-state index in [2.05, 4.69) is 20.7 Å². The van der Waals surface area contributed by atoms with Gasteiger partial charge in [0.2, 0.25) is 5.91 Å². The molecule has 2 aromatic rings. The molecule has 1 amide bonds. The molecule has 1 aromatic heterocycles. The zero-order valence-electron chi connectivity index (χ0n) is 11.9. The number of nitrogens with one attached hydrogen (secondary N) is 2. The predicted molar refractivity (Wildman–Crippen MR) is 84.3 cm³/mol. The normalized spacial score (nSPS) is 25.3. The molecule has 0 spiro atoms. The van der Waals surface area contributed by atoms with E-state index < -0.39 is 5.54 Å². The molecule has 1 aliphatic carbocycles. The molecule has 1 aliphatic rings. The molecule has 7 heteroatoms. The molecule has 114 valence electrons. The fourth-order valence-electron chi connectivity index (χ4n) is 2.94. The highest BCUT2D eigenvalue weighted by Crippen LogP contribution is 2.32. The van der Waals surface area contributed by atoms with Crippen LogP contribution >= 0.6 is 12.4 Å². The molecule has 1 fully saturated rings. The van der Waals surface area contributed by atoms with Gasteiger partial charge in [-0.2, -0.15) is 15.4 Å². The monoisotopic (exact) mass is 309 g/mol. The molecule has 4 N–H and O–H groups in total. The van der Waals surface area contributed by atoms with Crippen LogP contribution in [0, 0.1) is 5.92 Å². The summed E-state index contributed by atoms with van der Waals surface area (Å²) < 4.78 is 0. The lowest BCUT2D eigenvalue weighted by molar-refractivity contribution is -0.122. The Morgan fingerprint density at radius 1 is 1.38 bits per heavy atom. The van der Waals surface area contributed by atoms with Crippen LogP contribution in [0.4, 0.5) is 5.69 Å². The zero-order valence-corrected chi connectivity index (χ0v) is 12.7. The molecule has 21 heavy (non-hydrogen) atoms. The molecule has 0 radical (unpaired) electrons. The molecule has 0 bridgehead atoms. The summed E-state index contributed by atoms with van der Waals surface area (Å²) in [4.78, 5) is 12.4. The number of anilines is 1. The molecule has 0 saturated heterocycles. The van der Waals surface area contributed by atoms with Crippen molar-refractivity contribution in [1.29, 1.82) is 0 Å². The molecule has 3 rings (SSSR count). The van der Waals surface area contributed by atoms with E-state index in [1.165, 1.54) is 0 Å². The van der Waals surface area contributed by atoms with E-state index in [0.717, 1.165) is 42.4 Å². The number of hydrogen-bond donors (Lipinski definition) is 3. The quantitative estimate of drug-likeness (QED) is 0.792. The Balaban J connectivity index is 0.00000161. The number of nitrogens with zero attached hydrogens (tertiary/aromatic N) is 2. The lowest BCUT2D eigenvalue weighted by atomic mass is 9.74. The number of H-pyrrole nitrogens is 1. The van der Waals surface area contributed by atoms with Crippen molar-refractivity contribution in [3.8, 4) is 0 Å². The maximum absolute atomic E-state index is 12.4. The molecule has 6 nitrogen and oxygen atoms in total. The van der Waals surface area contributed by atoms with Gasteiger partial charge in [-0.1, -0.05) is 12.8 Å². The summed E-state index contributed by atoms with van der Waals surface area (Å²) in [7, 11) is 0. The van der Waals surface area contributed by atoms with Crippen molar-refractivity contribution in [2.24, 2.45) is 11.7 Å². The second-order valence-corrected chi connectivity index (χ2v) is 5.82. The fraction of sp³-hybridized carbons (Fsp3) is 0.500. The van der Waals surface area contributed by atoms with E-state index in [1.807, 2.05) is 25.1 Å². The van der Waals surface area contributed by atoms with E-state index in [-0.39, 0.29) is 24.2 Å². The van der Waals surface area contributed by atoms with Gasteiger partial charge in [-0.05, 0) is 38.0 Å². The van der Waals surface area contributed by atoms with E-state index in [0.29, 0.717) is 0 Å². The predicted octanol–water partition coefficient (Wildman–Crippen LogP) is 2.23. The molecule has 1 saturated carbocycles. The van der Waals surface area contributed by atoms with Gasteiger partial charge < -0.3 is 11.1 Å². The first-order chi connectivity index (χ1) is 9.56. The van der Waals surface area contributed by atoms with Gasteiger partial charge in [0, 0.05) is 11.2 Å². The van der Waals surface area contributed by atoms with Crippen LogP contribution in [-0.2, 0) is 4.79 Å². The highest BCUT2D eigenvalue weighted by atomic mass is 35.5. The molecule has 0 aliphatic heterocycles. The highest BCUT2D eigenvalue weighted by molar-refractivity contribution is 5.95. The minimum absolute atomic E-state index is 0. The van der Waals surface area contributed by atoms with Crippen molar-refractivity contribution in [2.75, 3.05) is 5.32 Å². The van der Waals surface area contributed by atoms with Crippen molar-refractivity contribution < 1.29 is 4.79 Å². The van der Waals surface area contributed by atoms with Gasteiger partial charge in [0.25, 0.3) is 0 Å². The van der Waals surface area contributed by atoms with E-state index in [1.54, 1.807) is 0 Å². The first-order valence-electron chi connectivity index (χ1n) is 6.96. The van der Waals surface area contributed by atoms with Crippen molar-refractivity contribution in [3.63, 3.8) is 0 Å². The Labute approximate surface area is 129 Å². The van der Waals surface area contributed by atoms with E-state index in [4.69, 9.17) is 5.73 Å². The highest BCUT2D eigenvalue weighted by Gasteiger charge is 2.37. The number of aromatic nitrogens is 3. The Kier molecular flexibility index (Phi) is 4.49. The lowest BCUT2D eigenvalue weighted by Gasteiger charge is -2.37. The summed E-state index contributed by atoms with van der Waals surface area (Å²) in [5, 5.41) is 13.5. The second-order valence-electron chi connectivity index (χ2n) is 5.82. The number of hydrogen-bond acceptors (Lipinski definition) is 4. The number of amides is 1. The van der Waals surface area contributed by atoms with Crippen molar-refractivity contribution in [2.45, 2.75) is 38.1 Å². The smallest absolute Gasteiger partial charge is 0.229 e. The summed E-state index contributed by atoms with van der Waals surface area (Å²) in [6.07, 6.45) is 3.91. The third-order valence-electron chi connectivity index (χ3n) is 4.15. The topological polar surface area (TPSA) is 96.7 Å². The van der Waals surface area contributed by atoms with Crippen LogP contribution in [0.5, 0.6) is 0 Å². The number of benzene rings is 1. The molecule has 2 atom stereocenters. The Morgan fingerprint density at radius 3 is 2.90 bits per heavy atom. The number of fused-ring (bicyclic) bond motifs is 1. The summed E-state index contributed by atoms with van der Waals surface area (Å²) in [6, 6.07) is 5.48. The first kappa shape index (κ1) is 15.7. The number of rotatable bonds is 2. The van der Waals surface area contributed by atoms with Gasteiger partial charge >= 0.3 is 0 Å². The van der Waals surface area contributed by atoms with Crippen LogP contribution in [0.15, 0.2) is 18.2 Å². The van der Waals surface area contributed by atoms with Gasteiger partial charge in [-0.3, -0.25) is 4.79 Å². The van der Waals surface area contributed by atoms with Gasteiger partial charge in [-0.25, -0.2) is 0 Å². The molecule has 1 aromatic carbocycles. The second kappa shape index (κ2) is 5.99. The Bertz CT molecular complexity index is 639. The van der Waals surface area contributed by atoms with Gasteiger partial charge in [-0.15, -0.1) is 12.4 Å².